The van der Waals surface area contributed by atoms with Crippen LogP contribution in [0.3, 0.4) is 0 Å². The van der Waals surface area contributed by atoms with Crippen molar-refractivity contribution in [3.05, 3.63) is 15.8 Å². The maximum atomic E-state index is 12.6. The monoisotopic (exact) mass is 290 g/mol. The first-order chi connectivity index (χ1) is 8.30. The molecule has 0 aliphatic heterocycles. The minimum atomic E-state index is -3.37. The molecule has 0 saturated heterocycles. The Morgan fingerprint density at radius 2 is 2.06 bits per heavy atom. The van der Waals surface area contributed by atoms with Crippen molar-refractivity contribution in [2.24, 2.45) is 5.92 Å². The van der Waals surface area contributed by atoms with Crippen molar-refractivity contribution < 1.29 is 8.42 Å². The van der Waals surface area contributed by atoms with Crippen molar-refractivity contribution >= 4 is 21.4 Å². The number of hydrogen-bond acceptors (Lipinski definition) is 4. The fourth-order valence-electron chi connectivity index (χ4n) is 1.88. The van der Waals surface area contributed by atoms with Gasteiger partial charge in [0.1, 0.15) is 4.90 Å². The van der Waals surface area contributed by atoms with E-state index in [1.54, 1.807) is 7.05 Å². The Labute approximate surface area is 114 Å². The van der Waals surface area contributed by atoms with Gasteiger partial charge < -0.3 is 5.32 Å². The van der Waals surface area contributed by atoms with Crippen molar-refractivity contribution in [2.75, 3.05) is 20.6 Å². The Morgan fingerprint density at radius 1 is 1.44 bits per heavy atom. The minimum Gasteiger partial charge on any atom is -0.315 e. The molecule has 1 aromatic rings. The average Bonchev–Trinajstić information content (AvgIpc) is 2.59. The highest BCUT2D eigenvalue weighted by Gasteiger charge is 2.27. The van der Waals surface area contributed by atoms with Gasteiger partial charge in [0, 0.05) is 25.0 Å². The summed E-state index contributed by atoms with van der Waals surface area (Å²) in [4.78, 5) is 1.36. The summed E-state index contributed by atoms with van der Waals surface area (Å²) in [5.74, 6) is 0.316. The molecule has 0 aliphatic rings. The second kappa shape index (κ2) is 6.14. The highest BCUT2D eigenvalue weighted by molar-refractivity contribution is 7.89. The highest BCUT2D eigenvalue weighted by Crippen LogP contribution is 2.29. The maximum Gasteiger partial charge on any atom is 0.244 e. The summed E-state index contributed by atoms with van der Waals surface area (Å²) in [6, 6.07) is 0. The number of nitrogens with zero attached hydrogens (tertiary/aromatic N) is 1. The molecule has 0 spiro atoms. The molecule has 104 valence electrons. The van der Waals surface area contributed by atoms with E-state index in [9.17, 15) is 8.42 Å². The van der Waals surface area contributed by atoms with E-state index in [1.807, 2.05) is 33.2 Å². The van der Waals surface area contributed by atoms with Gasteiger partial charge in [0.25, 0.3) is 0 Å². The second-order valence-electron chi connectivity index (χ2n) is 4.88. The van der Waals surface area contributed by atoms with Crippen LogP contribution in [0.2, 0.25) is 0 Å². The Bertz CT molecular complexity index is 492. The molecule has 0 amide bonds. The van der Waals surface area contributed by atoms with Gasteiger partial charge in [-0.1, -0.05) is 13.8 Å². The lowest BCUT2D eigenvalue weighted by Gasteiger charge is -2.20. The molecule has 4 nitrogen and oxygen atoms in total. The third-order valence-electron chi connectivity index (χ3n) is 2.62. The Morgan fingerprint density at radius 3 is 2.56 bits per heavy atom. The van der Waals surface area contributed by atoms with Crippen LogP contribution in [0.15, 0.2) is 10.3 Å². The predicted octanol–water partition coefficient (Wildman–Crippen LogP) is 2.05. The first kappa shape index (κ1) is 15.6. The zero-order valence-corrected chi connectivity index (χ0v) is 13.3. The molecule has 1 rings (SSSR count). The molecule has 6 heteroatoms. The summed E-state index contributed by atoms with van der Waals surface area (Å²) in [6.07, 6.45) is 0. The van der Waals surface area contributed by atoms with Crippen LogP contribution in [0, 0.1) is 12.8 Å². The van der Waals surface area contributed by atoms with Crippen LogP contribution in [0.25, 0.3) is 0 Å². The van der Waals surface area contributed by atoms with Crippen LogP contribution >= 0.6 is 11.3 Å². The molecule has 0 unspecified atom stereocenters. The fraction of sp³-hybridized carbons (Fsp3) is 0.667. The number of aryl methyl sites for hydroxylation is 1. The third-order valence-corrected chi connectivity index (χ3v) is 5.90. The Balaban J connectivity index is 3.15. The average molecular weight is 290 g/mol. The van der Waals surface area contributed by atoms with E-state index in [-0.39, 0.29) is 0 Å². The van der Waals surface area contributed by atoms with Crippen molar-refractivity contribution in [3.63, 3.8) is 0 Å². The van der Waals surface area contributed by atoms with E-state index in [4.69, 9.17) is 0 Å². The Hall–Kier alpha value is -0.430. The topological polar surface area (TPSA) is 49.4 Å². The van der Waals surface area contributed by atoms with E-state index in [0.717, 1.165) is 10.4 Å². The molecule has 0 aromatic carbocycles. The molecule has 0 saturated carbocycles. The fourth-order valence-corrected chi connectivity index (χ4v) is 4.98. The van der Waals surface area contributed by atoms with E-state index < -0.39 is 10.0 Å². The molecule has 0 radical (unpaired) electrons. The van der Waals surface area contributed by atoms with Gasteiger partial charge in [-0.25, -0.2) is 12.7 Å². The number of rotatable bonds is 6. The lowest BCUT2D eigenvalue weighted by Crippen LogP contribution is -2.31. The second-order valence-corrected chi connectivity index (χ2v) is 7.83. The molecule has 0 atom stereocenters. The summed E-state index contributed by atoms with van der Waals surface area (Å²) < 4.78 is 26.6. The predicted molar refractivity (Wildman–Crippen MR) is 76.5 cm³/mol. The quantitative estimate of drug-likeness (QED) is 0.872. The van der Waals surface area contributed by atoms with Crippen LogP contribution in [-0.4, -0.2) is 33.4 Å². The lowest BCUT2D eigenvalue weighted by molar-refractivity contribution is 0.416. The maximum absolute atomic E-state index is 12.6. The largest absolute Gasteiger partial charge is 0.315 e. The van der Waals surface area contributed by atoms with Gasteiger partial charge in [-0.15, -0.1) is 11.3 Å². The Kier molecular flexibility index (Phi) is 5.33. The molecular weight excluding hydrogens is 268 g/mol. The standard InChI is InChI=1S/C12H22N2O2S2/c1-9(2)7-14(5)18(15,16)12-10(3)8-17-11(12)6-13-4/h8-9,13H,6-7H2,1-5H3. The SMILES string of the molecule is CNCc1scc(C)c1S(=O)(=O)N(C)CC(C)C. The zero-order chi connectivity index (χ0) is 13.9. The molecule has 0 aliphatic carbocycles. The summed E-state index contributed by atoms with van der Waals surface area (Å²) in [5.41, 5.74) is 0.834. The van der Waals surface area contributed by atoms with Crippen LogP contribution in [0.4, 0.5) is 0 Å². The number of hydrogen-bond donors (Lipinski definition) is 1. The summed E-state index contributed by atoms with van der Waals surface area (Å²) >= 11 is 1.50. The van der Waals surface area contributed by atoms with Crippen LogP contribution in [0.1, 0.15) is 24.3 Å². The van der Waals surface area contributed by atoms with Gasteiger partial charge in [0.15, 0.2) is 0 Å². The van der Waals surface area contributed by atoms with Gasteiger partial charge in [0.2, 0.25) is 10.0 Å². The molecule has 1 heterocycles. The van der Waals surface area contributed by atoms with Gasteiger partial charge in [-0.05, 0) is 30.8 Å². The number of thiophene rings is 1. The van der Waals surface area contributed by atoms with Gasteiger partial charge in [-0.2, -0.15) is 0 Å². The first-order valence-corrected chi connectivity index (χ1v) is 8.30. The summed E-state index contributed by atoms with van der Waals surface area (Å²) in [7, 11) is 0.101. The van der Waals surface area contributed by atoms with Crippen molar-refractivity contribution in [3.8, 4) is 0 Å². The third kappa shape index (κ3) is 3.32. The highest BCUT2D eigenvalue weighted by atomic mass is 32.2. The minimum absolute atomic E-state index is 0.316. The summed E-state index contributed by atoms with van der Waals surface area (Å²) in [6.45, 7) is 7.01. The van der Waals surface area contributed by atoms with E-state index in [0.29, 0.717) is 23.9 Å². The van der Waals surface area contributed by atoms with Gasteiger partial charge in [0.05, 0.1) is 0 Å². The molecule has 0 bridgehead atoms. The van der Waals surface area contributed by atoms with Crippen LogP contribution in [0.5, 0.6) is 0 Å². The lowest BCUT2D eigenvalue weighted by atomic mass is 10.2. The van der Waals surface area contributed by atoms with Crippen molar-refractivity contribution in [2.45, 2.75) is 32.2 Å². The van der Waals surface area contributed by atoms with E-state index >= 15 is 0 Å². The van der Waals surface area contributed by atoms with Gasteiger partial charge in [-0.3, -0.25) is 0 Å². The van der Waals surface area contributed by atoms with E-state index in [1.165, 1.54) is 15.6 Å². The van der Waals surface area contributed by atoms with Crippen LogP contribution < -0.4 is 5.32 Å². The normalized spacial score (nSPS) is 12.6. The van der Waals surface area contributed by atoms with Gasteiger partial charge >= 0.3 is 0 Å². The molecule has 18 heavy (non-hydrogen) atoms. The van der Waals surface area contributed by atoms with Crippen molar-refractivity contribution in [1.29, 1.82) is 0 Å². The molecule has 0 fully saturated rings. The van der Waals surface area contributed by atoms with E-state index in [2.05, 4.69) is 5.32 Å². The number of nitrogens with one attached hydrogen (secondary N) is 1. The molecule has 1 N–H and O–H groups in total. The van der Waals surface area contributed by atoms with Crippen molar-refractivity contribution in [1.82, 2.24) is 9.62 Å². The first-order valence-electron chi connectivity index (χ1n) is 5.98. The van der Waals surface area contributed by atoms with Crippen LogP contribution in [-0.2, 0) is 16.6 Å². The zero-order valence-electron chi connectivity index (χ0n) is 11.6. The number of sulfonamides is 1. The summed E-state index contributed by atoms with van der Waals surface area (Å²) in [5, 5.41) is 4.92. The molecular formula is C12H22N2O2S2. The molecule has 1 aromatic heterocycles. The smallest absolute Gasteiger partial charge is 0.244 e.